The molecule has 2 heteroatoms. The molecule has 0 aromatic carbocycles. The number of unbranched alkanes of at least 4 members (excludes halogenated alkanes) is 1. The van der Waals surface area contributed by atoms with E-state index in [9.17, 15) is 0 Å². The monoisotopic (exact) mass is 169 g/mol. The molecule has 0 saturated carbocycles. The Bertz CT molecular complexity index is 205. The molecule has 0 saturated heterocycles. The van der Waals surface area contributed by atoms with Gasteiger partial charge in [0, 0.05) is 4.88 Å². The maximum absolute atomic E-state index is 5.40. The van der Waals surface area contributed by atoms with E-state index < -0.39 is 0 Å². The third kappa shape index (κ3) is 3.04. The van der Waals surface area contributed by atoms with Gasteiger partial charge in [-0.3, -0.25) is 0 Å². The number of nitrogens with two attached hydrogens (primary N) is 1. The van der Waals surface area contributed by atoms with Gasteiger partial charge in [0.05, 0.1) is 0 Å². The molecule has 0 amide bonds. The molecule has 0 aliphatic heterocycles. The molecule has 0 aliphatic carbocycles. The largest absolute Gasteiger partial charge is 0.330 e. The zero-order valence-electron chi connectivity index (χ0n) is 6.97. The predicted octanol–water partition coefficient (Wildman–Crippen LogP) is 2.34. The van der Waals surface area contributed by atoms with Crippen LogP contribution in [0.2, 0.25) is 0 Å². The van der Waals surface area contributed by atoms with E-state index in [0.717, 1.165) is 13.0 Å². The summed E-state index contributed by atoms with van der Waals surface area (Å²) in [6.07, 6.45) is 3.59. The van der Waals surface area contributed by atoms with Gasteiger partial charge < -0.3 is 5.73 Å². The van der Waals surface area contributed by atoms with Gasteiger partial charge in [-0.25, -0.2) is 0 Å². The Balaban J connectivity index is 2.27. The lowest BCUT2D eigenvalue weighted by Crippen LogP contribution is -1.98. The average Bonchev–Trinajstić information content (AvgIpc) is 2.37. The van der Waals surface area contributed by atoms with E-state index in [1.807, 2.05) is 11.3 Å². The van der Waals surface area contributed by atoms with Crippen molar-refractivity contribution in [2.24, 2.45) is 5.73 Å². The second-order valence-electron chi connectivity index (χ2n) is 2.84. The maximum atomic E-state index is 5.40. The summed E-state index contributed by atoms with van der Waals surface area (Å²) in [5.41, 5.74) is 6.79. The van der Waals surface area contributed by atoms with Crippen LogP contribution in [0.3, 0.4) is 0 Å². The highest BCUT2D eigenvalue weighted by molar-refractivity contribution is 7.10. The summed E-state index contributed by atoms with van der Waals surface area (Å²) in [5, 5.41) is 2.21. The van der Waals surface area contributed by atoms with Crippen molar-refractivity contribution >= 4 is 11.3 Å². The first-order chi connectivity index (χ1) is 5.33. The van der Waals surface area contributed by atoms with E-state index in [-0.39, 0.29) is 0 Å². The third-order valence-corrected chi connectivity index (χ3v) is 2.78. The van der Waals surface area contributed by atoms with Gasteiger partial charge in [-0.1, -0.05) is 0 Å². The van der Waals surface area contributed by atoms with Crippen molar-refractivity contribution in [2.75, 3.05) is 6.54 Å². The van der Waals surface area contributed by atoms with Crippen LogP contribution in [0.25, 0.3) is 0 Å². The number of hydrogen-bond donors (Lipinski definition) is 1. The van der Waals surface area contributed by atoms with Gasteiger partial charge in [-0.15, -0.1) is 11.3 Å². The van der Waals surface area contributed by atoms with Gasteiger partial charge in [-0.05, 0) is 49.7 Å². The van der Waals surface area contributed by atoms with Gasteiger partial charge in [0.25, 0.3) is 0 Å². The Labute approximate surface area is 72.2 Å². The van der Waals surface area contributed by atoms with E-state index in [0.29, 0.717) is 0 Å². The minimum Gasteiger partial charge on any atom is -0.330 e. The molecule has 1 heterocycles. The minimum atomic E-state index is 0.824. The van der Waals surface area contributed by atoms with Crippen molar-refractivity contribution in [1.29, 1.82) is 0 Å². The van der Waals surface area contributed by atoms with Crippen molar-refractivity contribution < 1.29 is 0 Å². The summed E-state index contributed by atoms with van der Waals surface area (Å²) in [6, 6.07) is 2.27. The second-order valence-corrected chi connectivity index (χ2v) is 3.83. The normalized spacial score (nSPS) is 10.4. The van der Waals surface area contributed by atoms with E-state index in [2.05, 4.69) is 18.4 Å². The maximum Gasteiger partial charge on any atom is 0.00479 e. The summed E-state index contributed by atoms with van der Waals surface area (Å²) in [7, 11) is 0. The second kappa shape index (κ2) is 4.52. The Morgan fingerprint density at radius 3 is 2.82 bits per heavy atom. The number of thiophene rings is 1. The fourth-order valence-corrected chi connectivity index (χ4v) is 1.99. The van der Waals surface area contributed by atoms with Crippen molar-refractivity contribution in [3.8, 4) is 0 Å². The molecule has 1 rings (SSSR count). The Morgan fingerprint density at radius 1 is 1.45 bits per heavy atom. The highest BCUT2D eigenvalue weighted by Gasteiger charge is 1.94. The molecule has 0 fully saturated rings. The molecule has 0 radical (unpaired) electrons. The smallest absolute Gasteiger partial charge is 0.00479 e. The van der Waals surface area contributed by atoms with Crippen LogP contribution in [-0.2, 0) is 6.42 Å². The third-order valence-electron chi connectivity index (χ3n) is 1.66. The SMILES string of the molecule is Cc1csc(CCCCN)c1. The van der Waals surface area contributed by atoms with Crippen LogP contribution in [0.4, 0.5) is 0 Å². The number of rotatable bonds is 4. The Kier molecular flexibility index (Phi) is 3.60. The zero-order chi connectivity index (χ0) is 8.10. The van der Waals surface area contributed by atoms with Crippen molar-refractivity contribution in [3.05, 3.63) is 21.9 Å². The van der Waals surface area contributed by atoms with E-state index >= 15 is 0 Å². The molecular formula is C9H15NS. The molecule has 11 heavy (non-hydrogen) atoms. The predicted molar refractivity (Wildman–Crippen MR) is 51.0 cm³/mol. The van der Waals surface area contributed by atoms with Crippen LogP contribution < -0.4 is 5.73 Å². The molecule has 0 bridgehead atoms. The first kappa shape index (κ1) is 8.75. The highest BCUT2D eigenvalue weighted by atomic mass is 32.1. The van der Waals surface area contributed by atoms with Crippen molar-refractivity contribution in [1.82, 2.24) is 0 Å². The van der Waals surface area contributed by atoms with Gasteiger partial charge in [0.2, 0.25) is 0 Å². The van der Waals surface area contributed by atoms with Crippen molar-refractivity contribution in [3.63, 3.8) is 0 Å². The molecule has 1 aromatic heterocycles. The lowest BCUT2D eigenvalue weighted by molar-refractivity contribution is 0.751. The summed E-state index contributed by atoms with van der Waals surface area (Å²) >= 11 is 1.86. The minimum absolute atomic E-state index is 0.824. The van der Waals surface area contributed by atoms with E-state index in [1.54, 1.807) is 0 Å². The molecule has 62 valence electrons. The molecule has 0 atom stereocenters. The van der Waals surface area contributed by atoms with E-state index in [4.69, 9.17) is 5.73 Å². The summed E-state index contributed by atoms with van der Waals surface area (Å²) < 4.78 is 0. The van der Waals surface area contributed by atoms with Crippen LogP contribution in [0.15, 0.2) is 11.4 Å². The lowest BCUT2D eigenvalue weighted by Gasteiger charge is -1.94. The molecule has 0 unspecified atom stereocenters. The topological polar surface area (TPSA) is 26.0 Å². The van der Waals surface area contributed by atoms with Crippen LogP contribution in [0.5, 0.6) is 0 Å². The van der Waals surface area contributed by atoms with Crippen molar-refractivity contribution in [2.45, 2.75) is 26.2 Å². The molecule has 0 spiro atoms. The molecule has 1 nitrogen and oxygen atoms in total. The average molecular weight is 169 g/mol. The van der Waals surface area contributed by atoms with Crippen LogP contribution in [0.1, 0.15) is 23.3 Å². The summed E-state index contributed by atoms with van der Waals surface area (Å²) in [5.74, 6) is 0. The van der Waals surface area contributed by atoms with Crippen LogP contribution >= 0.6 is 11.3 Å². The van der Waals surface area contributed by atoms with Gasteiger partial charge in [0.15, 0.2) is 0 Å². The summed E-state index contributed by atoms with van der Waals surface area (Å²) in [4.78, 5) is 1.50. The van der Waals surface area contributed by atoms with Crippen LogP contribution in [-0.4, -0.2) is 6.54 Å². The number of aryl methyl sites for hydroxylation is 2. The molecular weight excluding hydrogens is 154 g/mol. The standard InChI is InChI=1S/C9H15NS/c1-8-6-9(11-7-8)4-2-3-5-10/h6-7H,2-5,10H2,1H3. The molecule has 1 aromatic rings. The molecule has 2 N–H and O–H groups in total. The lowest BCUT2D eigenvalue weighted by atomic mass is 10.2. The van der Waals surface area contributed by atoms with E-state index in [1.165, 1.54) is 23.3 Å². The van der Waals surface area contributed by atoms with Crippen LogP contribution in [0, 0.1) is 6.92 Å². The zero-order valence-corrected chi connectivity index (χ0v) is 7.79. The van der Waals surface area contributed by atoms with Gasteiger partial charge in [-0.2, -0.15) is 0 Å². The first-order valence-electron chi connectivity index (χ1n) is 4.07. The fourth-order valence-electron chi connectivity index (χ4n) is 1.07. The highest BCUT2D eigenvalue weighted by Crippen LogP contribution is 2.15. The van der Waals surface area contributed by atoms with Gasteiger partial charge >= 0.3 is 0 Å². The van der Waals surface area contributed by atoms with Gasteiger partial charge in [0.1, 0.15) is 0 Å². The first-order valence-corrected chi connectivity index (χ1v) is 4.95. The summed E-state index contributed by atoms with van der Waals surface area (Å²) in [6.45, 7) is 2.97. The fraction of sp³-hybridized carbons (Fsp3) is 0.556. The Morgan fingerprint density at radius 2 is 2.27 bits per heavy atom. The number of hydrogen-bond acceptors (Lipinski definition) is 2. The molecule has 0 aliphatic rings. The quantitative estimate of drug-likeness (QED) is 0.688. The Hall–Kier alpha value is -0.340.